The second-order valence-electron chi connectivity index (χ2n) is 2.54. The molecule has 0 aliphatic carbocycles. The van der Waals surface area contributed by atoms with E-state index in [-0.39, 0.29) is 0 Å². The van der Waals surface area contributed by atoms with Crippen molar-refractivity contribution in [1.29, 1.82) is 5.26 Å². The zero-order chi connectivity index (χ0) is 9.10. The first-order valence-electron chi connectivity index (χ1n) is 3.82. The molecule has 0 radical (unpaired) electrons. The van der Waals surface area contributed by atoms with Crippen LogP contribution in [0.5, 0.6) is 5.88 Å². The predicted molar refractivity (Wildman–Crippen MR) is 48.0 cm³/mol. The molecule has 2 aromatic rings. The molecule has 0 spiro atoms. The summed E-state index contributed by atoms with van der Waals surface area (Å²) in [6.45, 7) is 0. The second-order valence-corrected chi connectivity index (χ2v) is 2.54. The maximum Gasteiger partial charge on any atom is 0.293 e. The Kier molecular flexibility index (Phi) is 1.81. The Balaban J connectivity index is 2.57. The number of hydrogen-bond donors (Lipinski definition) is 0. The number of nitrogens with zero attached hydrogens (tertiary/aromatic N) is 2. The van der Waals surface area contributed by atoms with Crippen LogP contribution in [0, 0.1) is 11.5 Å². The van der Waals surface area contributed by atoms with E-state index < -0.39 is 0 Å². The van der Waals surface area contributed by atoms with Gasteiger partial charge in [-0.05, 0) is 12.1 Å². The standard InChI is InChI=1S/C10H6N2O/c11-7-13-10-6-5-8-3-1-2-4-9(8)12-10/h1-6H. The quantitative estimate of drug-likeness (QED) is 0.615. The second kappa shape index (κ2) is 3.11. The van der Waals surface area contributed by atoms with Gasteiger partial charge in [-0.3, -0.25) is 0 Å². The molecule has 0 N–H and O–H groups in total. The highest BCUT2D eigenvalue weighted by Gasteiger charge is 1.96. The van der Waals surface area contributed by atoms with Crippen molar-refractivity contribution in [3.8, 4) is 12.1 Å². The Morgan fingerprint density at radius 1 is 1.15 bits per heavy atom. The molecule has 1 heterocycles. The SMILES string of the molecule is N#COc1ccc2ccccc2n1. The number of hydrogen-bond acceptors (Lipinski definition) is 3. The number of pyridine rings is 1. The molecule has 62 valence electrons. The summed E-state index contributed by atoms with van der Waals surface area (Å²) in [4.78, 5) is 4.12. The van der Waals surface area contributed by atoms with Gasteiger partial charge in [0.15, 0.2) is 0 Å². The monoisotopic (exact) mass is 170 g/mol. The van der Waals surface area contributed by atoms with E-state index in [1.54, 1.807) is 12.3 Å². The molecule has 13 heavy (non-hydrogen) atoms. The van der Waals surface area contributed by atoms with Crippen LogP contribution in [0.15, 0.2) is 36.4 Å². The van der Waals surface area contributed by atoms with Gasteiger partial charge in [0.05, 0.1) is 5.52 Å². The molecule has 0 bridgehead atoms. The lowest BCUT2D eigenvalue weighted by Crippen LogP contribution is -1.86. The highest BCUT2D eigenvalue weighted by Crippen LogP contribution is 2.15. The minimum absolute atomic E-state index is 0.334. The number of nitriles is 1. The van der Waals surface area contributed by atoms with Gasteiger partial charge >= 0.3 is 0 Å². The smallest absolute Gasteiger partial charge is 0.293 e. The molecule has 3 nitrogen and oxygen atoms in total. The molecule has 0 atom stereocenters. The summed E-state index contributed by atoms with van der Waals surface area (Å²) < 4.78 is 4.61. The summed E-state index contributed by atoms with van der Waals surface area (Å²) in [7, 11) is 0. The molecule has 2 rings (SSSR count). The molecule has 0 aliphatic heterocycles. The summed E-state index contributed by atoms with van der Waals surface area (Å²) in [6.07, 6.45) is 1.59. The summed E-state index contributed by atoms with van der Waals surface area (Å²) in [6, 6.07) is 11.2. The largest absolute Gasteiger partial charge is 0.367 e. The van der Waals surface area contributed by atoms with Crippen molar-refractivity contribution in [3.05, 3.63) is 36.4 Å². The van der Waals surface area contributed by atoms with Crippen molar-refractivity contribution in [1.82, 2.24) is 4.98 Å². The van der Waals surface area contributed by atoms with Crippen LogP contribution in [0.2, 0.25) is 0 Å². The van der Waals surface area contributed by atoms with Gasteiger partial charge in [0.25, 0.3) is 6.26 Å². The minimum atomic E-state index is 0.334. The Morgan fingerprint density at radius 2 is 2.00 bits per heavy atom. The lowest BCUT2D eigenvalue weighted by atomic mass is 10.2. The lowest BCUT2D eigenvalue weighted by Gasteiger charge is -1.97. The van der Waals surface area contributed by atoms with Gasteiger partial charge in [0.1, 0.15) is 0 Å². The van der Waals surface area contributed by atoms with Crippen LogP contribution in [0.1, 0.15) is 0 Å². The molecule has 1 aromatic carbocycles. The third-order valence-corrected chi connectivity index (χ3v) is 1.72. The van der Waals surface area contributed by atoms with Gasteiger partial charge in [-0.15, -0.1) is 5.26 Å². The lowest BCUT2D eigenvalue weighted by molar-refractivity contribution is 0.488. The fourth-order valence-corrected chi connectivity index (χ4v) is 1.15. The molecule has 0 aliphatic rings. The molecular weight excluding hydrogens is 164 g/mol. The number of para-hydroxylation sites is 1. The fraction of sp³-hybridized carbons (Fsp3) is 0. The zero-order valence-electron chi connectivity index (χ0n) is 6.77. The summed E-state index contributed by atoms with van der Waals surface area (Å²) >= 11 is 0. The van der Waals surface area contributed by atoms with Crippen molar-refractivity contribution in [2.45, 2.75) is 0 Å². The summed E-state index contributed by atoms with van der Waals surface area (Å²) in [5.41, 5.74) is 0.829. The van der Waals surface area contributed by atoms with Crippen molar-refractivity contribution < 1.29 is 4.74 Å². The number of rotatable bonds is 1. The van der Waals surface area contributed by atoms with Crippen molar-refractivity contribution in [3.63, 3.8) is 0 Å². The number of benzene rings is 1. The van der Waals surface area contributed by atoms with E-state index in [9.17, 15) is 0 Å². The zero-order valence-corrected chi connectivity index (χ0v) is 6.77. The van der Waals surface area contributed by atoms with Crippen LogP contribution >= 0.6 is 0 Å². The van der Waals surface area contributed by atoms with E-state index in [0.717, 1.165) is 10.9 Å². The number of ether oxygens (including phenoxy) is 1. The van der Waals surface area contributed by atoms with Crippen LogP contribution in [0.25, 0.3) is 10.9 Å². The topological polar surface area (TPSA) is 45.9 Å². The Morgan fingerprint density at radius 3 is 2.85 bits per heavy atom. The van der Waals surface area contributed by atoms with Gasteiger partial charge < -0.3 is 4.74 Å². The first-order chi connectivity index (χ1) is 6.40. The van der Waals surface area contributed by atoms with Crippen LogP contribution in [0.3, 0.4) is 0 Å². The van der Waals surface area contributed by atoms with E-state index in [1.807, 2.05) is 30.3 Å². The van der Waals surface area contributed by atoms with Crippen LogP contribution in [-0.4, -0.2) is 4.98 Å². The Bertz CT molecular complexity index is 474. The number of aromatic nitrogens is 1. The Labute approximate surface area is 75.2 Å². The van der Waals surface area contributed by atoms with E-state index >= 15 is 0 Å². The van der Waals surface area contributed by atoms with Crippen LogP contribution in [-0.2, 0) is 0 Å². The van der Waals surface area contributed by atoms with E-state index in [4.69, 9.17) is 5.26 Å². The fourth-order valence-electron chi connectivity index (χ4n) is 1.15. The molecule has 0 unspecified atom stereocenters. The Hall–Kier alpha value is -2.08. The maximum absolute atomic E-state index is 8.28. The molecule has 0 saturated carbocycles. The third kappa shape index (κ3) is 1.42. The van der Waals surface area contributed by atoms with Crippen LogP contribution in [0.4, 0.5) is 0 Å². The highest BCUT2D eigenvalue weighted by atomic mass is 16.5. The molecule has 1 aromatic heterocycles. The summed E-state index contributed by atoms with van der Waals surface area (Å²) in [5.74, 6) is 0.334. The highest BCUT2D eigenvalue weighted by molar-refractivity contribution is 5.78. The minimum Gasteiger partial charge on any atom is -0.367 e. The third-order valence-electron chi connectivity index (χ3n) is 1.72. The van der Waals surface area contributed by atoms with E-state index in [1.165, 1.54) is 0 Å². The number of fused-ring (bicyclic) bond motifs is 1. The van der Waals surface area contributed by atoms with E-state index in [2.05, 4.69) is 9.72 Å². The molecular formula is C10H6N2O. The van der Waals surface area contributed by atoms with Crippen molar-refractivity contribution in [2.24, 2.45) is 0 Å². The first kappa shape index (κ1) is 7.56. The van der Waals surface area contributed by atoms with Gasteiger partial charge in [-0.25, -0.2) is 4.98 Å². The molecule has 0 amide bonds. The summed E-state index contributed by atoms with van der Waals surface area (Å²) in [5, 5.41) is 9.31. The normalized spacial score (nSPS) is 9.46. The average molecular weight is 170 g/mol. The molecule has 0 fully saturated rings. The average Bonchev–Trinajstić information content (AvgIpc) is 2.18. The van der Waals surface area contributed by atoms with Gasteiger partial charge in [-0.2, -0.15) is 0 Å². The van der Waals surface area contributed by atoms with Gasteiger partial charge in [0, 0.05) is 11.5 Å². The maximum atomic E-state index is 8.28. The van der Waals surface area contributed by atoms with Crippen molar-refractivity contribution >= 4 is 10.9 Å². The van der Waals surface area contributed by atoms with E-state index in [0.29, 0.717) is 5.88 Å². The first-order valence-corrected chi connectivity index (χ1v) is 3.82. The van der Waals surface area contributed by atoms with Gasteiger partial charge in [-0.1, -0.05) is 18.2 Å². The van der Waals surface area contributed by atoms with Gasteiger partial charge in [0.2, 0.25) is 5.88 Å². The predicted octanol–water partition coefficient (Wildman–Crippen LogP) is 2.09. The van der Waals surface area contributed by atoms with Crippen LogP contribution < -0.4 is 4.74 Å². The molecule has 0 saturated heterocycles. The van der Waals surface area contributed by atoms with Crippen molar-refractivity contribution in [2.75, 3.05) is 0 Å². The molecule has 3 heteroatoms.